The lowest BCUT2D eigenvalue weighted by molar-refractivity contribution is 0.197. The van der Waals surface area contributed by atoms with E-state index in [-0.39, 0.29) is 0 Å². The van der Waals surface area contributed by atoms with Crippen LogP contribution in [-0.4, -0.2) is 32.6 Å². The van der Waals surface area contributed by atoms with Gasteiger partial charge in [0.15, 0.2) is 5.65 Å². The molecule has 1 aliphatic heterocycles. The van der Waals surface area contributed by atoms with Crippen molar-refractivity contribution in [2.24, 2.45) is 0 Å². The van der Waals surface area contributed by atoms with Crippen molar-refractivity contribution in [3.05, 3.63) is 64.0 Å². The topological polar surface area (TPSA) is 33.4 Å². The summed E-state index contributed by atoms with van der Waals surface area (Å²) in [5.41, 5.74) is 4.83. The molecule has 0 saturated carbocycles. The van der Waals surface area contributed by atoms with Crippen LogP contribution in [0.15, 0.2) is 47.2 Å². The number of fused-ring (bicyclic) bond motifs is 1. The van der Waals surface area contributed by atoms with Crippen molar-refractivity contribution in [2.75, 3.05) is 13.1 Å². The Kier molecular flexibility index (Phi) is 4.37. The van der Waals surface area contributed by atoms with Gasteiger partial charge in [-0.2, -0.15) is 5.10 Å². The first kappa shape index (κ1) is 15.8. The molecule has 3 aromatic rings. The summed E-state index contributed by atoms with van der Waals surface area (Å²) >= 11 is 3.55. The van der Waals surface area contributed by atoms with Crippen molar-refractivity contribution in [1.29, 1.82) is 0 Å². The fourth-order valence-electron chi connectivity index (χ4n) is 3.76. The summed E-state index contributed by atoms with van der Waals surface area (Å²) in [6.45, 7) is 5.41. The molecule has 0 radical (unpaired) electrons. The number of aryl methyl sites for hydroxylation is 1. The minimum Gasteiger partial charge on any atom is -0.298 e. The maximum atomic E-state index is 4.55. The SMILES string of the molecule is Cc1cnc2c(Br)cnn2c1C1CCCN(Cc2ccccc2)C1. The van der Waals surface area contributed by atoms with Gasteiger partial charge >= 0.3 is 0 Å². The summed E-state index contributed by atoms with van der Waals surface area (Å²) in [5.74, 6) is 0.500. The monoisotopic (exact) mass is 384 g/mol. The van der Waals surface area contributed by atoms with Gasteiger partial charge in [-0.3, -0.25) is 4.90 Å². The van der Waals surface area contributed by atoms with E-state index in [1.54, 1.807) is 0 Å². The molecule has 0 aliphatic carbocycles. The maximum Gasteiger partial charge on any atom is 0.169 e. The van der Waals surface area contributed by atoms with Crippen LogP contribution in [0.5, 0.6) is 0 Å². The highest BCUT2D eigenvalue weighted by Crippen LogP contribution is 2.31. The minimum absolute atomic E-state index is 0.500. The van der Waals surface area contributed by atoms with E-state index in [1.807, 2.05) is 16.9 Å². The van der Waals surface area contributed by atoms with Crippen LogP contribution >= 0.6 is 15.9 Å². The van der Waals surface area contributed by atoms with Gasteiger partial charge in [0.25, 0.3) is 0 Å². The molecular weight excluding hydrogens is 364 g/mol. The van der Waals surface area contributed by atoms with Crippen molar-refractivity contribution in [2.45, 2.75) is 32.2 Å². The second-order valence-electron chi connectivity index (χ2n) is 6.61. The normalized spacial score (nSPS) is 19.0. The van der Waals surface area contributed by atoms with Crippen LogP contribution in [0.2, 0.25) is 0 Å². The molecule has 4 rings (SSSR count). The number of aromatic nitrogens is 3. The third kappa shape index (κ3) is 2.98. The van der Waals surface area contributed by atoms with Crippen LogP contribution < -0.4 is 0 Å². The molecule has 0 amide bonds. The van der Waals surface area contributed by atoms with Crippen molar-refractivity contribution >= 4 is 21.6 Å². The van der Waals surface area contributed by atoms with Gasteiger partial charge in [0, 0.05) is 25.2 Å². The summed E-state index contributed by atoms with van der Waals surface area (Å²) in [7, 11) is 0. The third-order valence-electron chi connectivity index (χ3n) is 4.85. The van der Waals surface area contributed by atoms with Crippen LogP contribution in [0.4, 0.5) is 0 Å². The number of halogens is 1. The van der Waals surface area contributed by atoms with Gasteiger partial charge < -0.3 is 0 Å². The quantitative estimate of drug-likeness (QED) is 0.678. The van der Waals surface area contributed by atoms with E-state index in [0.29, 0.717) is 5.92 Å². The molecule has 2 aromatic heterocycles. The zero-order valence-electron chi connectivity index (χ0n) is 13.8. The number of hydrogen-bond donors (Lipinski definition) is 0. The number of nitrogens with zero attached hydrogens (tertiary/aromatic N) is 4. The summed E-state index contributed by atoms with van der Waals surface area (Å²) in [6, 6.07) is 10.7. The second-order valence-corrected chi connectivity index (χ2v) is 7.47. The van der Waals surface area contributed by atoms with Crippen LogP contribution in [0.3, 0.4) is 0 Å². The largest absolute Gasteiger partial charge is 0.298 e. The third-order valence-corrected chi connectivity index (χ3v) is 5.41. The molecule has 1 saturated heterocycles. The Labute approximate surface area is 150 Å². The fourth-order valence-corrected chi connectivity index (χ4v) is 4.13. The molecular formula is C19H21BrN4. The number of hydrogen-bond acceptors (Lipinski definition) is 3. The number of benzene rings is 1. The molecule has 1 aromatic carbocycles. The number of rotatable bonds is 3. The number of likely N-dealkylation sites (tertiary alicyclic amines) is 1. The number of piperidine rings is 1. The smallest absolute Gasteiger partial charge is 0.169 e. The first-order chi connectivity index (χ1) is 11.7. The van der Waals surface area contributed by atoms with Crippen LogP contribution in [0, 0.1) is 6.92 Å². The summed E-state index contributed by atoms with van der Waals surface area (Å²) < 4.78 is 2.98. The van der Waals surface area contributed by atoms with Gasteiger partial charge in [0.05, 0.1) is 16.4 Å². The standard InChI is InChI=1S/C19H21BrN4/c1-14-10-21-19-17(20)11-22-24(19)18(14)16-8-5-9-23(13-16)12-15-6-3-2-4-7-15/h2-4,6-7,10-11,16H,5,8-9,12-13H2,1H3. The molecule has 0 spiro atoms. The Hall–Kier alpha value is -1.72. The highest BCUT2D eigenvalue weighted by Gasteiger charge is 2.25. The average molecular weight is 385 g/mol. The Morgan fingerprint density at radius 1 is 1.21 bits per heavy atom. The van der Waals surface area contributed by atoms with E-state index in [2.05, 4.69) is 68.2 Å². The molecule has 3 heterocycles. The molecule has 0 N–H and O–H groups in total. The zero-order chi connectivity index (χ0) is 16.5. The van der Waals surface area contributed by atoms with E-state index in [0.717, 1.165) is 23.2 Å². The van der Waals surface area contributed by atoms with Gasteiger partial charge in [-0.15, -0.1) is 0 Å². The average Bonchev–Trinajstić information content (AvgIpc) is 2.97. The predicted molar refractivity (Wildman–Crippen MR) is 99.1 cm³/mol. The van der Waals surface area contributed by atoms with E-state index in [4.69, 9.17) is 0 Å². The highest BCUT2D eigenvalue weighted by atomic mass is 79.9. The molecule has 5 heteroatoms. The Morgan fingerprint density at radius 2 is 2.04 bits per heavy atom. The first-order valence-corrected chi connectivity index (χ1v) is 9.26. The molecule has 0 bridgehead atoms. The van der Waals surface area contributed by atoms with E-state index >= 15 is 0 Å². The van der Waals surface area contributed by atoms with E-state index < -0.39 is 0 Å². The molecule has 1 atom stereocenters. The Morgan fingerprint density at radius 3 is 2.88 bits per heavy atom. The summed E-state index contributed by atoms with van der Waals surface area (Å²) in [5, 5.41) is 4.55. The minimum atomic E-state index is 0.500. The molecule has 124 valence electrons. The molecule has 1 aliphatic rings. The Balaban J connectivity index is 1.61. The van der Waals surface area contributed by atoms with Crippen molar-refractivity contribution in [3.63, 3.8) is 0 Å². The van der Waals surface area contributed by atoms with Gasteiger partial charge in [-0.1, -0.05) is 30.3 Å². The first-order valence-electron chi connectivity index (χ1n) is 8.47. The van der Waals surface area contributed by atoms with Gasteiger partial charge in [-0.05, 0) is 53.4 Å². The fraction of sp³-hybridized carbons (Fsp3) is 0.368. The van der Waals surface area contributed by atoms with Crippen LogP contribution in [0.1, 0.15) is 35.6 Å². The maximum absolute atomic E-state index is 4.55. The van der Waals surface area contributed by atoms with Crippen molar-refractivity contribution < 1.29 is 0 Å². The van der Waals surface area contributed by atoms with Crippen LogP contribution in [0.25, 0.3) is 5.65 Å². The van der Waals surface area contributed by atoms with E-state index in [1.165, 1.54) is 36.2 Å². The van der Waals surface area contributed by atoms with Gasteiger partial charge in [0.2, 0.25) is 0 Å². The summed E-state index contributed by atoms with van der Waals surface area (Å²) in [4.78, 5) is 7.09. The van der Waals surface area contributed by atoms with Crippen LogP contribution in [-0.2, 0) is 6.54 Å². The molecule has 24 heavy (non-hydrogen) atoms. The lowest BCUT2D eigenvalue weighted by Gasteiger charge is -2.33. The molecule has 4 nitrogen and oxygen atoms in total. The van der Waals surface area contributed by atoms with Gasteiger partial charge in [0.1, 0.15) is 0 Å². The predicted octanol–water partition coefficient (Wildman–Crippen LogP) is 4.18. The lowest BCUT2D eigenvalue weighted by Crippen LogP contribution is -2.35. The zero-order valence-corrected chi connectivity index (χ0v) is 15.4. The Bertz CT molecular complexity index is 843. The highest BCUT2D eigenvalue weighted by molar-refractivity contribution is 9.10. The van der Waals surface area contributed by atoms with Crippen molar-refractivity contribution in [1.82, 2.24) is 19.5 Å². The lowest BCUT2D eigenvalue weighted by atomic mass is 9.92. The van der Waals surface area contributed by atoms with Crippen molar-refractivity contribution in [3.8, 4) is 0 Å². The summed E-state index contributed by atoms with van der Waals surface area (Å²) in [6.07, 6.45) is 6.26. The van der Waals surface area contributed by atoms with E-state index in [9.17, 15) is 0 Å². The molecule has 1 unspecified atom stereocenters. The second kappa shape index (κ2) is 6.65. The molecule has 1 fully saturated rings. The van der Waals surface area contributed by atoms with Gasteiger partial charge in [-0.25, -0.2) is 9.50 Å².